The summed E-state index contributed by atoms with van der Waals surface area (Å²) in [7, 11) is 0. The summed E-state index contributed by atoms with van der Waals surface area (Å²) in [5.74, 6) is 0. The fourth-order valence-electron chi connectivity index (χ4n) is 1.79. The molecule has 2 aromatic rings. The molecule has 0 bridgehead atoms. The van der Waals surface area contributed by atoms with E-state index < -0.39 is 22.9 Å². The molecule has 15 heavy (non-hydrogen) atoms. The van der Waals surface area contributed by atoms with Gasteiger partial charge in [-0.05, 0) is 0 Å². The topological polar surface area (TPSA) is 0 Å². The molecule has 0 radical (unpaired) electrons. The second-order valence-corrected chi connectivity index (χ2v) is 8.70. The summed E-state index contributed by atoms with van der Waals surface area (Å²) in [6.07, 6.45) is 0. The van der Waals surface area contributed by atoms with Gasteiger partial charge in [0.05, 0.1) is 0 Å². The Bertz CT molecular complexity index is 341. The average Bonchev–Trinajstić information content (AvgIpc) is 2.32. The fourth-order valence-corrected chi connectivity index (χ4v) is 6.52. The molecule has 2 aromatic carbocycles. The molecule has 0 nitrogen and oxygen atoms in total. The first-order chi connectivity index (χ1) is 7.45. The molecule has 1 heteroatoms. The molecule has 74 valence electrons. The van der Waals surface area contributed by atoms with Crippen LogP contribution in [-0.2, 0) is 8.35 Å². The van der Waals surface area contributed by atoms with E-state index in [1.165, 1.54) is 19.5 Å². The predicted octanol–water partition coefficient (Wildman–Crippen LogP) is 2.82. The van der Waals surface area contributed by atoms with Gasteiger partial charge in [0.15, 0.2) is 0 Å². The summed E-state index contributed by atoms with van der Waals surface area (Å²) < 4.78 is 2.77. The number of rotatable bonds is 4. The van der Waals surface area contributed by atoms with Gasteiger partial charge in [-0.2, -0.15) is 0 Å². The van der Waals surface area contributed by atoms with Gasteiger partial charge >= 0.3 is 103 Å². The van der Waals surface area contributed by atoms with E-state index in [9.17, 15) is 0 Å². The zero-order valence-corrected chi connectivity index (χ0v) is 12.9. The van der Waals surface area contributed by atoms with Crippen molar-refractivity contribution in [1.29, 1.82) is 0 Å². The monoisotopic (exact) mass is 298 g/mol. The Morgan fingerprint density at radius 2 is 1.00 bits per heavy atom. The van der Waals surface area contributed by atoms with Crippen molar-refractivity contribution in [1.82, 2.24) is 0 Å². The molecule has 0 saturated carbocycles. The summed E-state index contributed by atoms with van der Waals surface area (Å²) in [4.78, 5) is 0. The molecule has 0 amide bonds. The molecule has 0 heterocycles. The van der Waals surface area contributed by atoms with Crippen LogP contribution in [0.2, 0.25) is 0 Å². The molecule has 0 aliphatic heterocycles. The number of hydrogen-bond acceptors (Lipinski definition) is 0. The number of hydrogen-bond donors (Lipinski definition) is 0. The Hall–Kier alpha value is -0.690. The minimum absolute atomic E-state index is 0.608. The van der Waals surface area contributed by atoms with E-state index in [2.05, 4.69) is 60.7 Å². The van der Waals surface area contributed by atoms with Crippen molar-refractivity contribution < 1.29 is 0 Å². The third-order valence-electron chi connectivity index (χ3n) is 2.62. The summed E-state index contributed by atoms with van der Waals surface area (Å²) in [5, 5.41) is 0. The van der Waals surface area contributed by atoms with Crippen LogP contribution >= 0.6 is 0 Å². The van der Waals surface area contributed by atoms with Crippen LogP contribution < -0.4 is 0 Å². The first kappa shape index (κ1) is 10.8. The van der Waals surface area contributed by atoms with E-state index in [1.54, 1.807) is 0 Å². The predicted molar refractivity (Wildman–Crippen MR) is 67.4 cm³/mol. The summed E-state index contributed by atoms with van der Waals surface area (Å²) in [5.41, 5.74) is 3.06. The Kier molecular flexibility index (Phi) is 4.34. The van der Waals surface area contributed by atoms with E-state index in [0.717, 1.165) is 0 Å². The third kappa shape index (κ3) is 3.75. The van der Waals surface area contributed by atoms with Crippen LogP contribution in [-0.4, -0.2) is 22.9 Å². The molecule has 2 rings (SSSR count). The maximum atomic E-state index is 2.25. The Morgan fingerprint density at radius 1 is 0.600 bits per heavy atom. The SMILES string of the molecule is c1ccc([CH2][InH][CH2]c2ccccc2)cc1. The van der Waals surface area contributed by atoms with Gasteiger partial charge in [0.2, 0.25) is 0 Å². The van der Waals surface area contributed by atoms with Crippen LogP contribution in [0, 0.1) is 0 Å². The summed E-state index contributed by atoms with van der Waals surface area (Å²) >= 11 is -0.608. The van der Waals surface area contributed by atoms with Crippen molar-refractivity contribution in [2.24, 2.45) is 0 Å². The normalized spacial score (nSPS) is 9.87. The van der Waals surface area contributed by atoms with E-state index in [1.807, 2.05) is 0 Å². The van der Waals surface area contributed by atoms with Crippen LogP contribution in [0.4, 0.5) is 0 Å². The molecule has 0 unspecified atom stereocenters. The van der Waals surface area contributed by atoms with Gasteiger partial charge in [0, 0.05) is 0 Å². The number of benzene rings is 2. The van der Waals surface area contributed by atoms with E-state index >= 15 is 0 Å². The Morgan fingerprint density at radius 3 is 1.40 bits per heavy atom. The van der Waals surface area contributed by atoms with Crippen molar-refractivity contribution in [3.63, 3.8) is 0 Å². The molecule has 0 atom stereocenters. The standard InChI is InChI=1S/2C7H7.In.H/c2*1-7-5-3-2-4-6-7;;/h2*2-6H,1H2;;. The first-order valence-electron chi connectivity index (χ1n) is 5.53. The molecule has 0 aliphatic carbocycles. The summed E-state index contributed by atoms with van der Waals surface area (Å²) in [6.45, 7) is 0. The van der Waals surface area contributed by atoms with Crippen molar-refractivity contribution in [3.8, 4) is 0 Å². The Labute approximate surface area is 103 Å². The second-order valence-electron chi connectivity index (χ2n) is 3.82. The Balaban J connectivity index is 1.81. The van der Waals surface area contributed by atoms with E-state index in [-0.39, 0.29) is 0 Å². The molecule has 0 N–H and O–H groups in total. The van der Waals surface area contributed by atoms with Crippen LogP contribution in [0.3, 0.4) is 0 Å². The molecular formula is C14H15In. The molecule has 0 aliphatic rings. The molecular weight excluding hydrogens is 283 g/mol. The fraction of sp³-hybridized carbons (Fsp3) is 0.143. The first-order valence-corrected chi connectivity index (χ1v) is 11.2. The van der Waals surface area contributed by atoms with Crippen LogP contribution in [0.5, 0.6) is 0 Å². The molecule has 0 saturated heterocycles. The van der Waals surface area contributed by atoms with Gasteiger partial charge in [-0.1, -0.05) is 0 Å². The molecule has 0 spiro atoms. The third-order valence-corrected chi connectivity index (χ3v) is 7.93. The van der Waals surface area contributed by atoms with Crippen LogP contribution in [0.15, 0.2) is 60.7 Å². The van der Waals surface area contributed by atoms with Crippen molar-refractivity contribution in [2.75, 3.05) is 0 Å². The molecule has 0 fully saturated rings. The quantitative estimate of drug-likeness (QED) is 0.814. The van der Waals surface area contributed by atoms with Crippen molar-refractivity contribution in [3.05, 3.63) is 71.8 Å². The zero-order chi connectivity index (χ0) is 10.3. The van der Waals surface area contributed by atoms with E-state index in [4.69, 9.17) is 0 Å². The van der Waals surface area contributed by atoms with Crippen molar-refractivity contribution >= 4 is 22.9 Å². The van der Waals surface area contributed by atoms with Gasteiger partial charge in [-0.15, -0.1) is 0 Å². The maximum absolute atomic E-state index is 2.25. The minimum atomic E-state index is -0.608. The van der Waals surface area contributed by atoms with Gasteiger partial charge in [-0.25, -0.2) is 0 Å². The second kappa shape index (κ2) is 6.02. The van der Waals surface area contributed by atoms with E-state index in [0.29, 0.717) is 0 Å². The van der Waals surface area contributed by atoms with Gasteiger partial charge < -0.3 is 0 Å². The zero-order valence-electron chi connectivity index (χ0n) is 8.89. The molecule has 0 aromatic heterocycles. The van der Waals surface area contributed by atoms with Crippen LogP contribution in [0.1, 0.15) is 11.1 Å². The average molecular weight is 298 g/mol. The van der Waals surface area contributed by atoms with Crippen molar-refractivity contribution in [2.45, 2.75) is 8.35 Å². The van der Waals surface area contributed by atoms with Crippen LogP contribution in [0.25, 0.3) is 0 Å². The summed E-state index contributed by atoms with van der Waals surface area (Å²) in [6, 6.07) is 21.8. The van der Waals surface area contributed by atoms with Gasteiger partial charge in [-0.3, -0.25) is 0 Å². The van der Waals surface area contributed by atoms with Gasteiger partial charge in [0.25, 0.3) is 0 Å². The van der Waals surface area contributed by atoms with Gasteiger partial charge in [0.1, 0.15) is 0 Å².